The molecule has 0 fully saturated rings. The van der Waals surface area contributed by atoms with Gasteiger partial charge in [0, 0.05) is 6.54 Å². The first-order chi connectivity index (χ1) is 10.6. The summed E-state index contributed by atoms with van der Waals surface area (Å²) in [6.07, 6.45) is 0. The van der Waals surface area contributed by atoms with Gasteiger partial charge in [-0.1, -0.05) is 24.3 Å². The summed E-state index contributed by atoms with van der Waals surface area (Å²) in [5, 5.41) is 2.63. The van der Waals surface area contributed by atoms with Crippen LogP contribution in [0.3, 0.4) is 0 Å². The maximum Gasteiger partial charge on any atom is 0.258 e. The summed E-state index contributed by atoms with van der Waals surface area (Å²) in [4.78, 5) is 22.9. The smallest absolute Gasteiger partial charge is 0.258 e. The molecular formula is C16H15FN2O3. The number of nitrogens with two attached hydrogens (primary N) is 1. The molecule has 0 spiro atoms. The lowest BCUT2D eigenvalue weighted by atomic mass is 10.2. The Hall–Kier alpha value is -2.89. The molecule has 0 heterocycles. The van der Waals surface area contributed by atoms with E-state index in [2.05, 4.69) is 5.32 Å². The quantitative estimate of drug-likeness (QED) is 0.850. The second-order valence-electron chi connectivity index (χ2n) is 4.55. The van der Waals surface area contributed by atoms with E-state index >= 15 is 0 Å². The molecule has 0 aliphatic rings. The third-order valence-electron chi connectivity index (χ3n) is 2.91. The Labute approximate surface area is 126 Å². The summed E-state index contributed by atoms with van der Waals surface area (Å²) in [6, 6.07) is 12.2. The summed E-state index contributed by atoms with van der Waals surface area (Å²) in [6.45, 7) is 0.0193. The molecule has 2 rings (SSSR count). The van der Waals surface area contributed by atoms with Gasteiger partial charge in [-0.05, 0) is 29.8 Å². The van der Waals surface area contributed by atoms with Gasteiger partial charge in [-0.15, -0.1) is 0 Å². The van der Waals surface area contributed by atoms with E-state index in [0.717, 1.165) is 5.56 Å². The number of ether oxygens (including phenoxy) is 1. The Morgan fingerprint density at radius 3 is 2.45 bits per heavy atom. The second kappa shape index (κ2) is 7.21. The van der Waals surface area contributed by atoms with E-state index in [-0.39, 0.29) is 36.2 Å². The van der Waals surface area contributed by atoms with E-state index in [4.69, 9.17) is 10.5 Å². The minimum atomic E-state index is -0.623. The average Bonchev–Trinajstić information content (AvgIpc) is 2.52. The molecule has 6 heteroatoms. The van der Waals surface area contributed by atoms with Crippen LogP contribution in [-0.4, -0.2) is 18.4 Å². The van der Waals surface area contributed by atoms with E-state index in [1.54, 1.807) is 30.3 Å². The minimum Gasteiger partial charge on any atom is -0.483 e. The van der Waals surface area contributed by atoms with Crippen molar-refractivity contribution >= 4 is 11.8 Å². The van der Waals surface area contributed by atoms with Crippen molar-refractivity contribution in [1.29, 1.82) is 0 Å². The number of amides is 2. The number of carbonyl (C=O) groups excluding carboxylic acids is 2. The Kier molecular flexibility index (Phi) is 5.08. The zero-order valence-corrected chi connectivity index (χ0v) is 11.7. The summed E-state index contributed by atoms with van der Waals surface area (Å²) in [5.74, 6) is -1.06. The van der Waals surface area contributed by atoms with E-state index < -0.39 is 5.91 Å². The minimum absolute atomic E-state index is 0.217. The number of halogens is 1. The third kappa shape index (κ3) is 4.31. The molecule has 22 heavy (non-hydrogen) atoms. The van der Waals surface area contributed by atoms with Crippen LogP contribution >= 0.6 is 0 Å². The van der Waals surface area contributed by atoms with Crippen molar-refractivity contribution in [1.82, 2.24) is 5.32 Å². The Balaban J connectivity index is 1.85. The lowest BCUT2D eigenvalue weighted by molar-refractivity contribution is -0.123. The highest BCUT2D eigenvalue weighted by Gasteiger charge is 2.10. The van der Waals surface area contributed by atoms with Gasteiger partial charge in [0.2, 0.25) is 0 Å². The van der Waals surface area contributed by atoms with Crippen LogP contribution in [0.25, 0.3) is 0 Å². The lowest BCUT2D eigenvalue weighted by Gasteiger charge is -2.10. The average molecular weight is 302 g/mol. The normalized spacial score (nSPS) is 10.0. The zero-order chi connectivity index (χ0) is 15.9. The predicted molar refractivity (Wildman–Crippen MR) is 78.7 cm³/mol. The van der Waals surface area contributed by atoms with Gasteiger partial charge in [-0.3, -0.25) is 9.59 Å². The standard InChI is InChI=1S/C16H15FN2O3/c17-12-7-5-11(6-8-12)9-19-15(20)10-22-14-4-2-1-3-13(14)16(18)21/h1-8H,9-10H2,(H2,18,21)(H,19,20). The fourth-order valence-corrected chi connectivity index (χ4v) is 1.79. The number of para-hydroxylation sites is 1. The molecule has 114 valence electrons. The molecule has 3 N–H and O–H groups in total. The first-order valence-corrected chi connectivity index (χ1v) is 6.59. The zero-order valence-electron chi connectivity index (χ0n) is 11.7. The first-order valence-electron chi connectivity index (χ1n) is 6.59. The van der Waals surface area contributed by atoms with Gasteiger partial charge >= 0.3 is 0 Å². The molecule has 0 atom stereocenters. The number of benzene rings is 2. The van der Waals surface area contributed by atoms with Gasteiger partial charge in [-0.25, -0.2) is 4.39 Å². The molecule has 0 aliphatic heterocycles. The van der Waals surface area contributed by atoms with Crippen LogP contribution in [-0.2, 0) is 11.3 Å². The molecule has 0 saturated carbocycles. The lowest BCUT2D eigenvalue weighted by Crippen LogP contribution is -2.28. The number of nitrogens with one attached hydrogen (secondary N) is 1. The van der Waals surface area contributed by atoms with Crippen LogP contribution in [0.1, 0.15) is 15.9 Å². The molecule has 0 unspecified atom stereocenters. The molecule has 0 aromatic heterocycles. The van der Waals surface area contributed by atoms with Crippen molar-refractivity contribution in [3.63, 3.8) is 0 Å². The van der Waals surface area contributed by atoms with Gasteiger partial charge in [0.15, 0.2) is 6.61 Å². The summed E-state index contributed by atoms with van der Waals surface area (Å²) >= 11 is 0. The number of carbonyl (C=O) groups is 2. The van der Waals surface area contributed by atoms with Gasteiger partial charge in [0.1, 0.15) is 11.6 Å². The van der Waals surface area contributed by atoms with Crippen molar-refractivity contribution in [2.24, 2.45) is 5.73 Å². The Morgan fingerprint density at radius 1 is 1.09 bits per heavy atom. The largest absolute Gasteiger partial charge is 0.483 e. The number of hydrogen-bond acceptors (Lipinski definition) is 3. The van der Waals surface area contributed by atoms with Crippen molar-refractivity contribution in [3.05, 3.63) is 65.5 Å². The van der Waals surface area contributed by atoms with E-state index in [1.807, 2.05) is 0 Å². The topological polar surface area (TPSA) is 81.4 Å². The van der Waals surface area contributed by atoms with Crippen molar-refractivity contribution in [2.45, 2.75) is 6.54 Å². The van der Waals surface area contributed by atoms with Gasteiger partial charge in [-0.2, -0.15) is 0 Å². The fourth-order valence-electron chi connectivity index (χ4n) is 1.79. The number of rotatable bonds is 6. The van der Waals surface area contributed by atoms with Gasteiger partial charge < -0.3 is 15.8 Å². The molecule has 5 nitrogen and oxygen atoms in total. The van der Waals surface area contributed by atoms with Gasteiger partial charge in [0.05, 0.1) is 5.56 Å². The summed E-state index contributed by atoms with van der Waals surface area (Å²) in [5.41, 5.74) is 6.20. The molecular weight excluding hydrogens is 287 g/mol. The highest BCUT2D eigenvalue weighted by Crippen LogP contribution is 2.16. The Bertz CT molecular complexity index is 671. The molecule has 2 amide bonds. The van der Waals surface area contributed by atoms with Crippen LogP contribution < -0.4 is 15.8 Å². The van der Waals surface area contributed by atoms with Gasteiger partial charge in [0.25, 0.3) is 11.8 Å². The molecule has 0 saturated heterocycles. The van der Waals surface area contributed by atoms with Crippen molar-refractivity contribution in [3.8, 4) is 5.75 Å². The predicted octanol–water partition coefficient (Wildman–Crippen LogP) is 1.62. The maximum atomic E-state index is 12.8. The van der Waals surface area contributed by atoms with Crippen LogP contribution in [0.2, 0.25) is 0 Å². The van der Waals surface area contributed by atoms with E-state index in [0.29, 0.717) is 0 Å². The van der Waals surface area contributed by atoms with Crippen LogP contribution in [0.4, 0.5) is 4.39 Å². The maximum absolute atomic E-state index is 12.8. The number of hydrogen-bond donors (Lipinski definition) is 2. The second-order valence-corrected chi connectivity index (χ2v) is 4.55. The summed E-state index contributed by atoms with van der Waals surface area (Å²) in [7, 11) is 0. The fraction of sp³-hybridized carbons (Fsp3) is 0.125. The van der Waals surface area contributed by atoms with Crippen LogP contribution in [0.15, 0.2) is 48.5 Å². The highest BCUT2D eigenvalue weighted by molar-refractivity contribution is 5.95. The van der Waals surface area contributed by atoms with Crippen LogP contribution in [0, 0.1) is 5.82 Å². The SMILES string of the molecule is NC(=O)c1ccccc1OCC(=O)NCc1ccc(F)cc1. The molecule has 2 aromatic carbocycles. The van der Waals surface area contributed by atoms with E-state index in [9.17, 15) is 14.0 Å². The molecule has 0 radical (unpaired) electrons. The molecule has 2 aromatic rings. The molecule has 0 aliphatic carbocycles. The summed E-state index contributed by atoms with van der Waals surface area (Å²) < 4.78 is 18.0. The van der Waals surface area contributed by atoms with Crippen LogP contribution in [0.5, 0.6) is 5.75 Å². The first kappa shape index (κ1) is 15.5. The monoisotopic (exact) mass is 302 g/mol. The third-order valence-corrected chi connectivity index (χ3v) is 2.91. The Morgan fingerprint density at radius 2 is 1.77 bits per heavy atom. The molecule has 0 bridgehead atoms. The van der Waals surface area contributed by atoms with E-state index in [1.165, 1.54) is 18.2 Å². The number of primary amides is 1. The van der Waals surface area contributed by atoms with Crippen molar-refractivity contribution < 1.29 is 18.7 Å². The van der Waals surface area contributed by atoms with Crippen molar-refractivity contribution in [2.75, 3.05) is 6.61 Å². The highest BCUT2D eigenvalue weighted by atomic mass is 19.1.